The van der Waals surface area contributed by atoms with Gasteiger partial charge >= 0.3 is 0 Å². The Morgan fingerprint density at radius 1 is 1.06 bits per heavy atom. The van der Waals surface area contributed by atoms with E-state index in [9.17, 15) is 0 Å². The SMILES string of the molecule is Cc1cc(Br)cc(C)c1NC(C1CC1)C1CC1. The molecule has 3 rings (SSSR count). The van der Waals surface area contributed by atoms with Crippen LogP contribution in [0.4, 0.5) is 5.69 Å². The van der Waals surface area contributed by atoms with Crippen LogP contribution in [0.15, 0.2) is 16.6 Å². The van der Waals surface area contributed by atoms with Crippen LogP contribution in [0.5, 0.6) is 0 Å². The van der Waals surface area contributed by atoms with E-state index in [1.54, 1.807) is 0 Å². The second-order valence-corrected chi connectivity index (χ2v) is 6.68. The molecule has 17 heavy (non-hydrogen) atoms. The predicted octanol–water partition coefficient (Wildman–Crippen LogP) is 4.67. The minimum Gasteiger partial charge on any atom is -0.381 e. The summed E-state index contributed by atoms with van der Waals surface area (Å²) in [5.74, 6) is 1.90. The Balaban J connectivity index is 1.83. The van der Waals surface area contributed by atoms with Gasteiger partial charge in [0.1, 0.15) is 0 Å². The average Bonchev–Trinajstić information content (AvgIpc) is 3.12. The molecule has 2 saturated carbocycles. The molecule has 0 aliphatic heterocycles. The van der Waals surface area contributed by atoms with Gasteiger partial charge in [-0.05, 0) is 74.6 Å². The molecule has 0 aromatic heterocycles. The predicted molar refractivity (Wildman–Crippen MR) is 76.5 cm³/mol. The standard InChI is InChI=1S/C15H20BrN/c1-9-7-13(16)8-10(2)14(9)17-15(11-3-4-11)12-5-6-12/h7-8,11-12,15,17H,3-6H2,1-2H3. The van der Waals surface area contributed by atoms with Crippen molar-refractivity contribution >= 4 is 21.6 Å². The van der Waals surface area contributed by atoms with Crippen molar-refractivity contribution in [3.8, 4) is 0 Å². The highest BCUT2D eigenvalue weighted by Crippen LogP contribution is 2.46. The lowest BCUT2D eigenvalue weighted by molar-refractivity contribution is 0.567. The van der Waals surface area contributed by atoms with Crippen LogP contribution in [0.2, 0.25) is 0 Å². The number of benzene rings is 1. The van der Waals surface area contributed by atoms with Crippen LogP contribution < -0.4 is 5.32 Å². The van der Waals surface area contributed by atoms with Gasteiger partial charge in [0.2, 0.25) is 0 Å². The molecule has 0 atom stereocenters. The summed E-state index contributed by atoms with van der Waals surface area (Å²) in [6, 6.07) is 5.17. The molecule has 0 heterocycles. The van der Waals surface area contributed by atoms with Crippen molar-refractivity contribution in [2.75, 3.05) is 5.32 Å². The first kappa shape index (κ1) is 11.6. The van der Waals surface area contributed by atoms with Crippen molar-refractivity contribution in [1.29, 1.82) is 0 Å². The topological polar surface area (TPSA) is 12.0 Å². The van der Waals surface area contributed by atoms with Gasteiger partial charge in [0.15, 0.2) is 0 Å². The van der Waals surface area contributed by atoms with Crippen molar-refractivity contribution in [1.82, 2.24) is 0 Å². The molecule has 0 radical (unpaired) electrons. The highest BCUT2D eigenvalue weighted by Gasteiger charge is 2.41. The first-order valence-electron chi connectivity index (χ1n) is 6.68. The number of rotatable bonds is 4. The van der Waals surface area contributed by atoms with Gasteiger partial charge in [-0.2, -0.15) is 0 Å². The molecule has 2 aliphatic carbocycles. The normalized spacial score (nSPS) is 19.8. The number of nitrogens with one attached hydrogen (secondary N) is 1. The quantitative estimate of drug-likeness (QED) is 0.851. The minimum atomic E-state index is 0.744. The van der Waals surface area contributed by atoms with Crippen LogP contribution in [0.25, 0.3) is 0 Å². The Hall–Kier alpha value is -0.500. The molecule has 2 heteroatoms. The van der Waals surface area contributed by atoms with Gasteiger partial charge in [-0.1, -0.05) is 15.9 Å². The summed E-state index contributed by atoms with van der Waals surface area (Å²) >= 11 is 3.57. The zero-order valence-corrected chi connectivity index (χ0v) is 12.2. The second kappa shape index (κ2) is 4.31. The Morgan fingerprint density at radius 2 is 1.53 bits per heavy atom. The lowest BCUT2D eigenvalue weighted by Gasteiger charge is -2.22. The molecule has 0 spiro atoms. The molecule has 0 amide bonds. The lowest BCUT2D eigenvalue weighted by atomic mass is 10.0. The Kier molecular flexibility index (Phi) is 2.94. The lowest BCUT2D eigenvalue weighted by Crippen LogP contribution is -2.25. The monoisotopic (exact) mass is 293 g/mol. The van der Waals surface area contributed by atoms with Crippen LogP contribution >= 0.6 is 15.9 Å². The first-order valence-corrected chi connectivity index (χ1v) is 7.48. The zero-order chi connectivity index (χ0) is 12.0. The fourth-order valence-electron chi connectivity index (χ4n) is 2.84. The molecule has 1 aromatic carbocycles. The molecule has 1 aromatic rings. The zero-order valence-electron chi connectivity index (χ0n) is 10.6. The molecule has 2 fully saturated rings. The highest BCUT2D eigenvalue weighted by molar-refractivity contribution is 9.10. The van der Waals surface area contributed by atoms with Crippen molar-refractivity contribution in [2.45, 2.75) is 45.6 Å². The third kappa shape index (κ3) is 2.52. The summed E-state index contributed by atoms with van der Waals surface area (Å²) in [5, 5.41) is 3.85. The molecule has 0 bridgehead atoms. The summed E-state index contributed by atoms with van der Waals surface area (Å²) in [6.45, 7) is 4.41. The third-order valence-corrected chi connectivity index (χ3v) is 4.53. The maximum Gasteiger partial charge on any atom is 0.0402 e. The Morgan fingerprint density at radius 3 is 1.94 bits per heavy atom. The average molecular weight is 294 g/mol. The largest absolute Gasteiger partial charge is 0.381 e. The van der Waals surface area contributed by atoms with E-state index in [1.165, 1.54) is 47.0 Å². The first-order chi connectivity index (χ1) is 8.15. The molecule has 0 unspecified atom stereocenters. The molecule has 1 N–H and O–H groups in total. The Bertz CT molecular complexity index is 398. The van der Waals surface area contributed by atoms with Gasteiger partial charge in [0, 0.05) is 16.2 Å². The van der Waals surface area contributed by atoms with E-state index in [0.717, 1.165) is 17.9 Å². The van der Waals surface area contributed by atoms with Crippen LogP contribution in [-0.4, -0.2) is 6.04 Å². The van der Waals surface area contributed by atoms with E-state index >= 15 is 0 Å². The number of hydrogen-bond acceptors (Lipinski definition) is 1. The molecular formula is C15H20BrN. The summed E-state index contributed by atoms with van der Waals surface area (Å²) in [4.78, 5) is 0. The fraction of sp³-hybridized carbons (Fsp3) is 0.600. The van der Waals surface area contributed by atoms with Crippen LogP contribution in [0.1, 0.15) is 36.8 Å². The summed E-state index contributed by atoms with van der Waals surface area (Å²) in [6.07, 6.45) is 5.73. The third-order valence-electron chi connectivity index (χ3n) is 4.07. The number of hydrogen-bond donors (Lipinski definition) is 1. The molecule has 1 nitrogen and oxygen atoms in total. The van der Waals surface area contributed by atoms with Gasteiger partial charge in [0.25, 0.3) is 0 Å². The molecule has 2 aliphatic rings. The van der Waals surface area contributed by atoms with Crippen molar-refractivity contribution < 1.29 is 0 Å². The van der Waals surface area contributed by atoms with Crippen LogP contribution in [0, 0.1) is 25.7 Å². The van der Waals surface area contributed by atoms with Crippen molar-refractivity contribution in [3.05, 3.63) is 27.7 Å². The van der Waals surface area contributed by atoms with Gasteiger partial charge in [-0.25, -0.2) is 0 Å². The van der Waals surface area contributed by atoms with Gasteiger partial charge in [0.05, 0.1) is 0 Å². The minimum absolute atomic E-state index is 0.744. The number of aryl methyl sites for hydroxylation is 2. The van der Waals surface area contributed by atoms with Crippen molar-refractivity contribution in [2.24, 2.45) is 11.8 Å². The van der Waals surface area contributed by atoms with E-state index in [4.69, 9.17) is 0 Å². The van der Waals surface area contributed by atoms with E-state index in [-0.39, 0.29) is 0 Å². The molecular weight excluding hydrogens is 274 g/mol. The van der Waals surface area contributed by atoms with E-state index in [0.29, 0.717) is 0 Å². The molecule has 92 valence electrons. The molecule has 0 saturated heterocycles. The number of anilines is 1. The second-order valence-electron chi connectivity index (χ2n) is 5.76. The van der Waals surface area contributed by atoms with Crippen LogP contribution in [-0.2, 0) is 0 Å². The van der Waals surface area contributed by atoms with Crippen LogP contribution in [0.3, 0.4) is 0 Å². The number of halogens is 1. The summed E-state index contributed by atoms with van der Waals surface area (Å²) in [5.41, 5.74) is 4.10. The van der Waals surface area contributed by atoms with E-state index in [1.807, 2.05) is 0 Å². The van der Waals surface area contributed by atoms with E-state index < -0.39 is 0 Å². The summed E-state index contributed by atoms with van der Waals surface area (Å²) in [7, 11) is 0. The summed E-state index contributed by atoms with van der Waals surface area (Å²) < 4.78 is 1.19. The fourth-order valence-corrected chi connectivity index (χ4v) is 3.52. The maximum atomic E-state index is 3.85. The van der Waals surface area contributed by atoms with E-state index in [2.05, 4.69) is 47.2 Å². The Labute approximate surface area is 112 Å². The smallest absolute Gasteiger partial charge is 0.0402 e. The maximum absolute atomic E-state index is 3.85. The van der Waals surface area contributed by atoms with Gasteiger partial charge < -0.3 is 5.32 Å². The van der Waals surface area contributed by atoms with Gasteiger partial charge in [-0.15, -0.1) is 0 Å². The van der Waals surface area contributed by atoms with Gasteiger partial charge in [-0.3, -0.25) is 0 Å². The highest BCUT2D eigenvalue weighted by atomic mass is 79.9. The van der Waals surface area contributed by atoms with Crippen molar-refractivity contribution in [3.63, 3.8) is 0 Å².